The van der Waals surface area contributed by atoms with Crippen molar-refractivity contribution in [2.45, 2.75) is 69.7 Å². The van der Waals surface area contributed by atoms with Crippen molar-refractivity contribution in [2.24, 2.45) is 11.8 Å². The van der Waals surface area contributed by atoms with E-state index in [1.54, 1.807) is 17.1 Å². The molecule has 3 heterocycles. The molecule has 5 atom stereocenters. The highest BCUT2D eigenvalue weighted by atomic mass is 16.6. The molecule has 1 N–H and O–H groups in total. The number of carbonyl (C=O) groups excluding carboxylic acids is 3. The number of aliphatic hydroxyl groups excluding tert-OH is 1. The van der Waals surface area contributed by atoms with Gasteiger partial charge in [-0.2, -0.15) is 0 Å². The number of likely N-dealkylation sites (tertiary alicyclic amines) is 1. The molecule has 8 heteroatoms. The molecule has 2 amide bonds. The molecule has 2 unspecified atom stereocenters. The van der Waals surface area contributed by atoms with E-state index in [1.165, 1.54) is 4.90 Å². The molecule has 0 aromatic heterocycles. The molecule has 0 aliphatic carbocycles. The summed E-state index contributed by atoms with van der Waals surface area (Å²) in [6.07, 6.45) is 5.86. The van der Waals surface area contributed by atoms with Crippen LogP contribution in [0.4, 0.5) is 0 Å². The second-order valence-electron chi connectivity index (χ2n) is 9.45. The fourth-order valence-electron chi connectivity index (χ4n) is 5.75. The standard InChI is InChI=1S/C24H36N2O6/c1-6-8-9-15-31-22(30)18-17-20(28)26(13-14-27)19(21(29)25(12-7-2)16(3)4)24(17)11-10-23(18,5)32-24/h6-7,16-19,27H,1-2,8-15H2,3-5H3/t17-,18-,19?,23+,24?/m0/s1. The summed E-state index contributed by atoms with van der Waals surface area (Å²) in [5.74, 6) is -2.60. The molecular weight excluding hydrogens is 412 g/mol. The van der Waals surface area contributed by atoms with Gasteiger partial charge in [0.25, 0.3) is 0 Å². The molecule has 8 nitrogen and oxygen atoms in total. The molecule has 0 aromatic rings. The Hall–Kier alpha value is -2.19. The molecular formula is C24H36N2O6. The lowest BCUT2D eigenvalue weighted by Gasteiger charge is -2.38. The topological polar surface area (TPSA) is 96.4 Å². The number of β-amino-alcohol motifs (C(OH)–C–C–N with tert-alkyl or cyclic N) is 1. The highest BCUT2D eigenvalue weighted by Gasteiger charge is 2.78. The van der Waals surface area contributed by atoms with Gasteiger partial charge in [-0.1, -0.05) is 12.2 Å². The quantitative estimate of drug-likeness (QED) is 0.293. The Balaban J connectivity index is 1.97. The van der Waals surface area contributed by atoms with Crippen molar-refractivity contribution in [3.05, 3.63) is 25.3 Å². The number of amides is 2. The largest absolute Gasteiger partial charge is 0.465 e. The highest BCUT2D eigenvalue weighted by Crippen LogP contribution is 2.63. The predicted octanol–water partition coefficient (Wildman–Crippen LogP) is 1.68. The summed E-state index contributed by atoms with van der Waals surface area (Å²) >= 11 is 0. The molecule has 2 bridgehead atoms. The van der Waals surface area contributed by atoms with Crippen molar-refractivity contribution >= 4 is 17.8 Å². The number of ether oxygens (including phenoxy) is 2. The fourth-order valence-corrected chi connectivity index (χ4v) is 5.75. The van der Waals surface area contributed by atoms with Crippen molar-refractivity contribution in [3.8, 4) is 0 Å². The van der Waals surface area contributed by atoms with Gasteiger partial charge in [0.15, 0.2) is 0 Å². The van der Waals surface area contributed by atoms with Gasteiger partial charge in [0.2, 0.25) is 11.8 Å². The first-order valence-corrected chi connectivity index (χ1v) is 11.5. The Morgan fingerprint density at radius 2 is 2.06 bits per heavy atom. The first kappa shape index (κ1) is 24.5. The summed E-state index contributed by atoms with van der Waals surface area (Å²) in [4.78, 5) is 43.5. The number of esters is 1. The molecule has 3 aliphatic heterocycles. The Morgan fingerprint density at radius 1 is 1.34 bits per heavy atom. The van der Waals surface area contributed by atoms with Gasteiger partial charge >= 0.3 is 5.97 Å². The van der Waals surface area contributed by atoms with E-state index in [-0.39, 0.29) is 37.6 Å². The van der Waals surface area contributed by atoms with Crippen molar-refractivity contribution < 1.29 is 29.0 Å². The van der Waals surface area contributed by atoms with Gasteiger partial charge in [-0.15, -0.1) is 13.2 Å². The van der Waals surface area contributed by atoms with Crippen LogP contribution in [-0.4, -0.2) is 82.3 Å². The highest BCUT2D eigenvalue weighted by molar-refractivity contribution is 5.98. The number of allylic oxidation sites excluding steroid dienone is 1. The van der Waals surface area contributed by atoms with Crippen LogP contribution < -0.4 is 0 Å². The Kier molecular flexibility index (Phi) is 7.15. The summed E-state index contributed by atoms with van der Waals surface area (Å²) < 4.78 is 12.0. The lowest BCUT2D eigenvalue weighted by Crippen LogP contribution is -2.57. The number of rotatable bonds is 11. The van der Waals surface area contributed by atoms with Crippen molar-refractivity contribution in [1.29, 1.82) is 0 Å². The maximum atomic E-state index is 13.8. The molecule has 3 fully saturated rings. The van der Waals surface area contributed by atoms with Crippen LogP contribution in [-0.2, 0) is 23.9 Å². The van der Waals surface area contributed by atoms with Crippen LogP contribution in [0.2, 0.25) is 0 Å². The van der Waals surface area contributed by atoms with Crippen LogP contribution in [0.25, 0.3) is 0 Å². The van der Waals surface area contributed by atoms with E-state index >= 15 is 0 Å². The van der Waals surface area contributed by atoms with E-state index in [0.29, 0.717) is 25.8 Å². The minimum atomic E-state index is -1.10. The maximum absolute atomic E-state index is 13.8. The monoisotopic (exact) mass is 448 g/mol. The Bertz CT molecular complexity index is 782. The van der Waals surface area contributed by atoms with Crippen LogP contribution >= 0.6 is 0 Å². The third-order valence-corrected chi connectivity index (χ3v) is 7.13. The van der Waals surface area contributed by atoms with E-state index in [0.717, 1.165) is 6.42 Å². The summed E-state index contributed by atoms with van der Waals surface area (Å²) in [6, 6.07) is -1.00. The van der Waals surface area contributed by atoms with Crippen LogP contribution in [0.15, 0.2) is 25.3 Å². The SMILES string of the molecule is C=CCCCOC(=O)[C@@H]1[C@H]2C(=O)N(CCO)C(C(=O)N(CC=C)C(C)C)C23CC[C@@]1(C)O3. The summed E-state index contributed by atoms with van der Waals surface area (Å²) in [7, 11) is 0. The first-order chi connectivity index (χ1) is 15.2. The van der Waals surface area contributed by atoms with Gasteiger partial charge in [0.05, 0.1) is 24.7 Å². The molecule has 1 spiro atoms. The molecule has 178 valence electrons. The molecule has 32 heavy (non-hydrogen) atoms. The van der Waals surface area contributed by atoms with Crippen LogP contribution in [0.1, 0.15) is 46.5 Å². The lowest BCUT2D eigenvalue weighted by atomic mass is 9.66. The average Bonchev–Trinajstić information content (AvgIpc) is 3.30. The fraction of sp³-hybridized carbons (Fsp3) is 0.708. The maximum Gasteiger partial charge on any atom is 0.312 e. The summed E-state index contributed by atoms with van der Waals surface area (Å²) in [6.45, 7) is 13.4. The number of unbranched alkanes of at least 4 members (excludes halogenated alkanes) is 1. The summed E-state index contributed by atoms with van der Waals surface area (Å²) in [5.41, 5.74) is -1.96. The molecule has 0 saturated carbocycles. The summed E-state index contributed by atoms with van der Waals surface area (Å²) in [5, 5.41) is 9.64. The number of hydrogen-bond acceptors (Lipinski definition) is 6. The van der Waals surface area contributed by atoms with Gasteiger partial charge in [0, 0.05) is 19.1 Å². The third kappa shape index (κ3) is 3.77. The first-order valence-electron chi connectivity index (χ1n) is 11.5. The molecule has 3 rings (SSSR count). The van der Waals surface area contributed by atoms with Crippen molar-refractivity contribution in [1.82, 2.24) is 9.80 Å². The number of aliphatic hydroxyl groups is 1. The zero-order chi connectivity index (χ0) is 23.7. The molecule has 3 aliphatic rings. The smallest absolute Gasteiger partial charge is 0.312 e. The van der Waals surface area contributed by atoms with Crippen molar-refractivity contribution in [2.75, 3.05) is 26.3 Å². The van der Waals surface area contributed by atoms with Gasteiger partial charge < -0.3 is 24.4 Å². The second kappa shape index (κ2) is 9.35. The number of carbonyl (C=O) groups is 3. The van der Waals surface area contributed by atoms with Gasteiger partial charge in [-0.3, -0.25) is 14.4 Å². The van der Waals surface area contributed by atoms with E-state index in [2.05, 4.69) is 13.2 Å². The molecule has 0 aromatic carbocycles. The molecule has 3 saturated heterocycles. The van der Waals surface area contributed by atoms with Gasteiger partial charge in [-0.25, -0.2) is 0 Å². The average molecular weight is 449 g/mol. The van der Waals surface area contributed by atoms with E-state index in [1.807, 2.05) is 20.8 Å². The molecule has 0 radical (unpaired) electrons. The Labute approximate surface area is 190 Å². The van der Waals surface area contributed by atoms with E-state index in [4.69, 9.17) is 9.47 Å². The zero-order valence-corrected chi connectivity index (χ0v) is 19.4. The van der Waals surface area contributed by atoms with Crippen LogP contribution in [0, 0.1) is 11.8 Å². The number of fused-ring (bicyclic) bond motifs is 1. The minimum absolute atomic E-state index is 0.00862. The number of nitrogens with zero attached hydrogens (tertiary/aromatic N) is 2. The van der Waals surface area contributed by atoms with Gasteiger partial charge in [-0.05, 0) is 46.5 Å². The van der Waals surface area contributed by atoms with Crippen molar-refractivity contribution in [3.63, 3.8) is 0 Å². The van der Waals surface area contributed by atoms with Crippen LogP contribution in [0.5, 0.6) is 0 Å². The number of hydrogen-bond donors (Lipinski definition) is 1. The zero-order valence-electron chi connectivity index (χ0n) is 19.4. The van der Waals surface area contributed by atoms with Crippen LogP contribution in [0.3, 0.4) is 0 Å². The van der Waals surface area contributed by atoms with E-state index < -0.39 is 35.0 Å². The Morgan fingerprint density at radius 3 is 2.66 bits per heavy atom. The second-order valence-corrected chi connectivity index (χ2v) is 9.45. The predicted molar refractivity (Wildman–Crippen MR) is 118 cm³/mol. The lowest BCUT2D eigenvalue weighted by molar-refractivity contribution is -0.160. The van der Waals surface area contributed by atoms with Gasteiger partial charge in [0.1, 0.15) is 17.6 Å². The van der Waals surface area contributed by atoms with E-state index in [9.17, 15) is 19.5 Å². The minimum Gasteiger partial charge on any atom is -0.465 e. The normalized spacial score (nSPS) is 32.8. The third-order valence-electron chi connectivity index (χ3n) is 7.13.